The van der Waals surface area contributed by atoms with Crippen LogP contribution in [0.4, 0.5) is 10.5 Å². The Bertz CT molecular complexity index is 467. The molecular formula is C15H20N2O3. The van der Waals surface area contributed by atoms with Crippen LogP contribution in [0, 0.1) is 0 Å². The Kier molecular flexibility index (Phi) is 4.61. The molecule has 1 aliphatic rings. The monoisotopic (exact) mass is 276 g/mol. The van der Waals surface area contributed by atoms with Gasteiger partial charge in [0.1, 0.15) is 0 Å². The number of hydrogen-bond acceptors (Lipinski definition) is 3. The third-order valence-electron chi connectivity index (χ3n) is 3.37. The van der Waals surface area contributed by atoms with Gasteiger partial charge in [0.25, 0.3) is 0 Å². The van der Waals surface area contributed by atoms with Gasteiger partial charge in [0.15, 0.2) is 5.72 Å². The van der Waals surface area contributed by atoms with Crippen LogP contribution in [0.25, 0.3) is 0 Å². The van der Waals surface area contributed by atoms with Crippen LogP contribution < -0.4 is 10.6 Å². The van der Waals surface area contributed by atoms with Crippen molar-refractivity contribution >= 4 is 17.7 Å². The molecule has 0 bridgehead atoms. The first-order valence-corrected chi connectivity index (χ1v) is 6.93. The van der Waals surface area contributed by atoms with Gasteiger partial charge in [-0.25, -0.2) is 4.79 Å². The molecule has 0 spiro atoms. The lowest BCUT2D eigenvalue weighted by Crippen LogP contribution is -2.53. The summed E-state index contributed by atoms with van der Waals surface area (Å²) >= 11 is 0. The third-order valence-corrected chi connectivity index (χ3v) is 3.37. The molecule has 1 aromatic rings. The highest BCUT2D eigenvalue weighted by atomic mass is 16.6. The molecule has 1 fully saturated rings. The summed E-state index contributed by atoms with van der Waals surface area (Å²) in [5, 5.41) is 5.56. The quantitative estimate of drug-likeness (QED) is 0.658. The SMILES string of the molecule is CC(=O)OC1(NC(=O)Nc2ccccc2)CCCCC1. The fourth-order valence-electron chi connectivity index (χ4n) is 2.54. The van der Waals surface area contributed by atoms with Gasteiger partial charge in [0.2, 0.25) is 0 Å². The second-order valence-corrected chi connectivity index (χ2v) is 5.09. The number of urea groups is 1. The molecule has 5 heteroatoms. The highest BCUT2D eigenvalue weighted by molar-refractivity contribution is 5.89. The number of amides is 2. The summed E-state index contributed by atoms with van der Waals surface area (Å²) in [6, 6.07) is 8.83. The fraction of sp³-hybridized carbons (Fsp3) is 0.467. The zero-order chi connectivity index (χ0) is 14.4. The maximum absolute atomic E-state index is 12.1. The number of carbonyl (C=O) groups is 2. The molecule has 0 atom stereocenters. The first-order valence-electron chi connectivity index (χ1n) is 6.93. The molecule has 20 heavy (non-hydrogen) atoms. The lowest BCUT2D eigenvalue weighted by Gasteiger charge is -2.36. The predicted octanol–water partition coefficient (Wildman–Crippen LogP) is 3.03. The first-order chi connectivity index (χ1) is 9.60. The Morgan fingerprint density at radius 2 is 1.75 bits per heavy atom. The van der Waals surface area contributed by atoms with Crippen LogP contribution in [0.3, 0.4) is 0 Å². The highest BCUT2D eigenvalue weighted by Gasteiger charge is 2.36. The topological polar surface area (TPSA) is 67.4 Å². The minimum absolute atomic E-state index is 0.348. The minimum atomic E-state index is -0.858. The Morgan fingerprint density at radius 1 is 1.10 bits per heavy atom. The van der Waals surface area contributed by atoms with Gasteiger partial charge in [-0.2, -0.15) is 0 Å². The summed E-state index contributed by atoms with van der Waals surface area (Å²) < 4.78 is 5.38. The maximum atomic E-state index is 12.1. The van der Waals surface area contributed by atoms with Gasteiger partial charge in [-0.05, 0) is 25.0 Å². The first kappa shape index (κ1) is 14.4. The number of esters is 1. The maximum Gasteiger partial charge on any atom is 0.322 e. The summed E-state index contributed by atoms with van der Waals surface area (Å²) in [5.41, 5.74) is -0.151. The molecule has 108 valence electrons. The van der Waals surface area contributed by atoms with Gasteiger partial charge in [0, 0.05) is 25.5 Å². The van der Waals surface area contributed by atoms with Crippen molar-refractivity contribution in [3.63, 3.8) is 0 Å². The van der Waals surface area contributed by atoms with Gasteiger partial charge in [0.05, 0.1) is 0 Å². The van der Waals surface area contributed by atoms with E-state index in [1.165, 1.54) is 6.92 Å². The molecule has 0 aliphatic heterocycles. The zero-order valence-electron chi connectivity index (χ0n) is 11.6. The lowest BCUT2D eigenvalue weighted by atomic mass is 9.91. The van der Waals surface area contributed by atoms with E-state index in [0.717, 1.165) is 19.3 Å². The second-order valence-electron chi connectivity index (χ2n) is 5.09. The van der Waals surface area contributed by atoms with Crippen molar-refractivity contribution in [2.24, 2.45) is 0 Å². The average molecular weight is 276 g/mol. The van der Waals surface area contributed by atoms with Crippen molar-refractivity contribution in [2.75, 3.05) is 5.32 Å². The number of carbonyl (C=O) groups excluding carboxylic acids is 2. The van der Waals surface area contributed by atoms with E-state index < -0.39 is 5.72 Å². The second kappa shape index (κ2) is 6.41. The molecule has 0 unspecified atom stereocenters. The van der Waals surface area contributed by atoms with Crippen molar-refractivity contribution in [3.8, 4) is 0 Å². The van der Waals surface area contributed by atoms with Crippen molar-refractivity contribution in [1.29, 1.82) is 0 Å². The largest absolute Gasteiger partial charge is 0.439 e. The standard InChI is InChI=1S/C15H20N2O3/c1-12(18)20-15(10-6-3-7-11-15)17-14(19)16-13-8-4-2-5-9-13/h2,4-5,8-9H,3,6-7,10-11H2,1H3,(H2,16,17,19). The third kappa shape index (κ3) is 3.98. The van der Waals surface area contributed by atoms with Crippen LogP contribution in [0.1, 0.15) is 39.0 Å². The molecular weight excluding hydrogens is 256 g/mol. The van der Waals surface area contributed by atoms with Crippen LogP contribution in [0.15, 0.2) is 30.3 Å². The predicted molar refractivity (Wildman–Crippen MR) is 76.2 cm³/mol. The number of hydrogen-bond donors (Lipinski definition) is 2. The molecule has 5 nitrogen and oxygen atoms in total. The van der Waals surface area contributed by atoms with Gasteiger partial charge < -0.3 is 10.1 Å². The van der Waals surface area contributed by atoms with Crippen molar-refractivity contribution < 1.29 is 14.3 Å². The molecule has 0 heterocycles. The molecule has 2 N–H and O–H groups in total. The molecule has 0 radical (unpaired) electrons. The summed E-state index contributed by atoms with van der Waals surface area (Å²) in [6.07, 6.45) is 4.31. The van der Waals surface area contributed by atoms with Crippen LogP contribution in [-0.4, -0.2) is 17.7 Å². The molecule has 1 saturated carbocycles. The summed E-state index contributed by atoms with van der Waals surface area (Å²) in [4.78, 5) is 23.3. The van der Waals surface area contributed by atoms with Gasteiger partial charge >= 0.3 is 12.0 Å². The van der Waals surface area contributed by atoms with E-state index in [1.54, 1.807) is 12.1 Å². The minimum Gasteiger partial charge on any atom is -0.439 e. The normalized spacial score (nSPS) is 17.1. The lowest BCUT2D eigenvalue weighted by molar-refractivity contribution is -0.163. The number of para-hydroxylation sites is 1. The number of anilines is 1. The van der Waals surface area contributed by atoms with Gasteiger partial charge in [-0.1, -0.05) is 24.6 Å². The molecule has 1 aliphatic carbocycles. The van der Waals surface area contributed by atoms with Crippen molar-refractivity contribution in [2.45, 2.75) is 44.8 Å². The van der Waals surface area contributed by atoms with Crippen LogP contribution in [0.5, 0.6) is 0 Å². The van der Waals surface area contributed by atoms with E-state index in [9.17, 15) is 9.59 Å². The highest BCUT2D eigenvalue weighted by Crippen LogP contribution is 2.29. The molecule has 1 aromatic carbocycles. The zero-order valence-corrected chi connectivity index (χ0v) is 11.6. The molecule has 0 aromatic heterocycles. The van der Waals surface area contributed by atoms with E-state index in [4.69, 9.17) is 4.74 Å². The Hall–Kier alpha value is -2.04. The van der Waals surface area contributed by atoms with Crippen LogP contribution in [-0.2, 0) is 9.53 Å². The van der Waals surface area contributed by atoms with E-state index >= 15 is 0 Å². The summed E-state index contributed by atoms with van der Waals surface area (Å²) in [5.74, 6) is -0.369. The summed E-state index contributed by atoms with van der Waals surface area (Å²) in [6.45, 7) is 1.37. The number of benzene rings is 1. The molecule has 2 rings (SSSR count). The van der Waals surface area contributed by atoms with Crippen LogP contribution >= 0.6 is 0 Å². The molecule has 2 amide bonds. The smallest absolute Gasteiger partial charge is 0.322 e. The fourth-order valence-corrected chi connectivity index (χ4v) is 2.54. The Balaban J connectivity index is 2.00. The van der Waals surface area contributed by atoms with Crippen molar-refractivity contribution in [1.82, 2.24) is 5.32 Å². The molecule has 0 saturated heterocycles. The number of nitrogens with one attached hydrogen (secondary N) is 2. The summed E-state index contributed by atoms with van der Waals surface area (Å²) in [7, 11) is 0. The number of rotatable bonds is 3. The number of ether oxygens (including phenoxy) is 1. The van der Waals surface area contributed by atoms with Gasteiger partial charge in [-0.3, -0.25) is 10.1 Å². The van der Waals surface area contributed by atoms with Crippen LogP contribution in [0.2, 0.25) is 0 Å². The van der Waals surface area contributed by atoms with E-state index in [0.29, 0.717) is 18.5 Å². The Labute approximate surface area is 118 Å². The van der Waals surface area contributed by atoms with Crippen molar-refractivity contribution in [3.05, 3.63) is 30.3 Å². The van der Waals surface area contributed by atoms with Gasteiger partial charge in [-0.15, -0.1) is 0 Å². The van der Waals surface area contributed by atoms with E-state index in [-0.39, 0.29) is 12.0 Å². The van der Waals surface area contributed by atoms with E-state index in [2.05, 4.69) is 10.6 Å². The average Bonchev–Trinajstić information content (AvgIpc) is 2.39. The van der Waals surface area contributed by atoms with E-state index in [1.807, 2.05) is 18.2 Å². The Morgan fingerprint density at radius 3 is 2.35 bits per heavy atom.